The Morgan fingerprint density at radius 2 is 1.43 bits per heavy atom. The molecule has 3 nitrogen and oxygen atoms in total. The Balaban J connectivity index is 2.01. The average molecular weight is 302 g/mol. The van der Waals surface area contributed by atoms with Gasteiger partial charge in [-0.2, -0.15) is 0 Å². The van der Waals surface area contributed by atoms with Gasteiger partial charge in [0.1, 0.15) is 5.75 Å². The maximum Gasteiger partial charge on any atom is 0.222 e. The van der Waals surface area contributed by atoms with E-state index < -0.39 is 5.79 Å². The second kappa shape index (κ2) is 6.10. The first-order valence-electron chi connectivity index (χ1n) is 6.85. The fourth-order valence-corrected chi connectivity index (χ4v) is 2.94. The second-order valence-corrected chi connectivity index (χ2v) is 5.65. The SMILES string of the molecule is COc1ccc(C2(c3ccc(SC)cc3)OCCO2)cc1. The minimum Gasteiger partial charge on any atom is -0.497 e. The zero-order valence-electron chi connectivity index (χ0n) is 12.2. The predicted molar refractivity (Wildman–Crippen MR) is 83.9 cm³/mol. The van der Waals surface area contributed by atoms with Gasteiger partial charge in [-0.15, -0.1) is 11.8 Å². The smallest absolute Gasteiger partial charge is 0.222 e. The van der Waals surface area contributed by atoms with Gasteiger partial charge in [0.05, 0.1) is 20.3 Å². The Morgan fingerprint density at radius 3 is 1.90 bits per heavy atom. The summed E-state index contributed by atoms with van der Waals surface area (Å²) in [7, 11) is 1.66. The molecule has 3 rings (SSSR count). The highest BCUT2D eigenvalue weighted by molar-refractivity contribution is 7.98. The molecule has 1 saturated heterocycles. The summed E-state index contributed by atoms with van der Waals surface area (Å²) in [5, 5.41) is 0. The summed E-state index contributed by atoms with van der Waals surface area (Å²) in [6.07, 6.45) is 2.07. The van der Waals surface area contributed by atoms with Crippen LogP contribution in [0.5, 0.6) is 5.75 Å². The average Bonchev–Trinajstić information content (AvgIpc) is 3.06. The molecule has 0 amide bonds. The highest BCUT2D eigenvalue weighted by Gasteiger charge is 2.40. The molecule has 1 aliphatic rings. The number of benzene rings is 2. The van der Waals surface area contributed by atoms with E-state index in [0.29, 0.717) is 13.2 Å². The van der Waals surface area contributed by atoms with E-state index in [0.717, 1.165) is 16.9 Å². The number of hydrogen-bond acceptors (Lipinski definition) is 4. The van der Waals surface area contributed by atoms with Crippen molar-refractivity contribution in [3.05, 3.63) is 59.7 Å². The zero-order valence-corrected chi connectivity index (χ0v) is 13.0. The molecule has 110 valence electrons. The van der Waals surface area contributed by atoms with E-state index in [1.54, 1.807) is 18.9 Å². The van der Waals surface area contributed by atoms with Crippen LogP contribution in [0.2, 0.25) is 0 Å². The summed E-state index contributed by atoms with van der Waals surface area (Å²) in [4.78, 5) is 1.22. The highest BCUT2D eigenvalue weighted by atomic mass is 32.2. The van der Waals surface area contributed by atoms with Crippen LogP contribution in [0, 0.1) is 0 Å². The zero-order chi connectivity index (χ0) is 14.7. The van der Waals surface area contributed by atoms with Crippen molar-refractivity contribution in [1.29, 1.82) is 0 Å². The molecule has 1 heterocycles. The largest absolute Gasteiger partial charge is 0.497 e. The fourth-order valence-electron chi connectivity index (χ4n) is 2.53. The number of rotatable bonds is 4. The molecule has 0 aliphatic carbocycles. The van der Waals surface area contributed by atoms with E-state index in [-0.39, 0.29) is 0 Å². The van der Waals surface area contributed by atoms with E-state index in [1.165, 1.54) is 4.90 Å². The third-order valence-electron chi connectivity index (χ3n) is 3.63. The van der Waals surface area contributed by atoms with Crippen LogP contribution in [-0.4, -0.2) is 26.6 Å². The standard InChI is InChI=1S/C17H18O3S/c1-18-15-7-3-13(4-8-15)17(19-11-12-20-17)14-5-9-16(21-2)10-6-14/h3-10H,11-12H2,1-2H3. The molecule has 0 unspecified atom stereocenters. The molecular formula is C17H18O3S. The van der Waals surface area contributed by atoms with Gasteiger partial charge in [0.2, 0.25) is 5.79 Å². The third kappa shape index (κ3) is 2.67. The highest BCUT2D eigenvalue weighted by Crippen LogP contribution is 2.39. The molecule has 0 saturated carbocycles. The summed E-state index contributed by atoms with van der Waals surface area (Å²) in [6.45, 7) is 1.19. The minimum atomic E-state index is -0.802. The van der Waals surface area contributed by atoms with Gasteiger partial charge in [0.25, 0.3) is 0 Å². The molecule has 0 bridgehead atoms. The van der Waals surface area contributed by atoms with Crippen LogP contribution in [0.3, 0.4) is 0 Å². The van der Waals surface area contributed by atoms with Crippen LogP contribution in [-0.2, 0) is 15.3 Å². The Bertz CT molecular complexity index is 537. The summed E-state index contributed by atoms with van der Waals surface area (Å²) >= 11 is 1.72. The van der Waals surface area contributed by atoms with Crippen molar-refractivity contribution in [1.82, 2.24) is 0 Å². The molecule has 1 fully saturated rings. The van der Waals surface area contributed by atoms with Gasteiger partial charge in [-0.25, -0.2) is 0 Å². The lowest BCUT2D eigenvalue weighted by molar-refractivity contribution is -0.129. The molecule has 1 aliphatic heterocycles. The molecule has 2 aromatic carbocycles. The van der Waals surface area contributed by atoms with Gasteiger partial charge in [-0.1, -0.05) is 12.1 Å². The van der Waals surface area contributed by atoms with Gasteiger partial charge in [-0.3, -0.25) is 0 Å². The maximum atomic E-state index is 5.99. The lowest BCUT2D eigenvalue weighted by atomic mass is 9.97. The molecule has 0 radical (unpaired) electrons. The van der Waals surface area contributed by atoms with Crippen LogP contribution in [0.1, 0.15) is 11.1 Å². The van der Waals surface area contributed by atoms with Crippen molar-refractivity contribution in [3.63, 3.8) is 0 Å². The molecular weight excluding hydrogens is 284 g/mol. The van der Waals surface area contributed by atoms with Gasteiger partial charge in [0.15, 0.2) is 0 Å². The molecule has 0 spiro atoms. The Hall–Kier alpha value is -1.49. The number of methoxy groups -OCH3 is 1. The van der Waals surface area contributed by atoms with Crippen molar-refractivity contribution in [2.45, 2.75) is 10.7 Å². The summed E-state index contributed by atoms with van der Waals surface area (Å²) in [5.41, 5.74) is 2.00. The van der Waals surface area contributed by atoms with Crippen LogP contribution >= 0.6 is 11.8 Å². The molecule has 4 heteroatoms. The second-order valence-electron chi connectivity index (χ2n) is 4.77. The van der Waals surface area contributed by atoms with E-state index >= 15 is 0 Å². The van der Waals surface area contributed by atoms with Gasteiger partial charge >= 0.3 is 0 Å². The van der Waals surface area contributed by atoms with Crippen molar-refractivity contribution in [2.75, 3.05) is 26.6 Å². The molecule has 2 aromatic rings. The minimum absolute atomic E-state index is 0.594. The molecule has 0 N–H and O–H groups in total. The third-order valence-corrected chi connectivity index (χ3v) is 4.38. The number of ether oxygens (including phenoxy) is 3. The molecule has 0 atom stereocenters. The first kappa shape index (κ1) is 14.4. The lowest BCUT2D eigenvalue weighted by Crippen LogP contribution is -2.28. The van der Waals surface area contributed by atoms with Crippen LogP contribution < -0.4 is 4.74 Å². The number of thioether (sulfide) groups is 1. The first-order chi connectivity index (χ1) is 10.3. The van der Waals surface area contributed by atoms with Crippen LogP contribution in [0.4, 0.5) is 0 Å². The topological polar surface area (TPSA) is 27.7 Å². The number of hydrogen-bond donors (Lipinski definition) is 0. The van der Waals surface area contributed by atoms with E-state index in [2.05, 4.69) is 30.5 Å². The van der Waals surface area contributed by atoms with E-state index in [4.69, 9.17) is 14.2 Å². The summed E-state index contributed by atoms with van der Waals surface area (Å²) in [5.74, 6) is 0.0214. The van der Waals surface area contributed by atoms with Crippen molar-refractivity contribution < 1.29 is 14.2 Å². The predicted octanol–water partition coefficient (Wildman–Crippen LogP) is 3.67. The fraction of sp³-hybridized carbons (Fsp3) is 0.294. The van der Waals surface area contributed by atoms with Gasteiger partial charge in [0, 0.05) is 16.0 Å². The summed E-state index contributed by atoms with van der Waals surface area (Å²) in [6, 6.07) is 16.2. The van der Waals surface area contributed by atoms with Gasteiger partial charge in [-0.05, 0) is 42.7 Å². The summed E-state index contributed by atoms with van der Waals surface area (Å²) < 4.78 is 17.2. The van der Waals surface area contributed by atoms with E-state index in [1.807, 2.05) is 24.3 Å². The Kier molecular flexibility index (Phi) is 4.19. The Labute approximate surface area is 129 Å². The normalized spacial score (nSPS) is 16.9. The monoisotopic (exact) mass is 302 g/mol. The van der Waals surface area contributed by atoms with Gasteiger partial charge < -0.3 is 14.2 Å². The maximum absolute atomic E-state index is 5.99. The lowest BCUT2D eigenvalue weighted by Gasteiger charge is -2.28. The van der Waals surface area contributed by atoms with Crippen molar-refractivity contribution in [3.8, 4) is 5.75 Å². The van der Waals surface area contributed by atoms with Crippen molar-refractivity contribution >= 4 is 11.8 Å². The van der Waals surface area contributed by atoms with Crippen LogP contribution in [0.15, 0.2) is 53.4 Å². The van der Waals surface area contributed by atoms with Crippen molar-refractivity contribution in [2.24, 2.45) is 0 Å². The Morgan fingerprint density at radius 1 is 0.905 bits per heavy atom. The molecule has 21 heavy (non-hydrogen) atoms. The van der Waals surface area contributed by atoms with Crippen LogP contribution in [0.25, 0.3) is 0 Å². The quantitative estimate of drug-likeness (QED) is 0.806. The first-order valence-corrected chi connectivity index (χ1v) is 8.08. The van der Waals surface area contributed by atoms with E-state index in [9.17, 15) is 0 Å². The molecule has 0 aromatic heterocycles.